The first-order valence-corrected chi connectivity index (χ1v) is 4.09. The lowest BCUT2D eigenvalue weighted by atomic mass is 10.2. The minimum atomic E-state index is -1.25. The van der Waals surface area contributed by atoms with Gasteiger partial charge in [0.1, 0.15) is 0 Å². The number of hydrogen-bond donors (Lipinski definition) is 1. The fraction of sp³-hybridized carbons (Fsp3) is 0. The number of halogens is 2. The highest BCUT2D eigenvalue weighted by Gasteiger charge is 2.06. The molecule has 0 radical (unpaired) electrons. The second-order valence-corrected chi connectivity index (χ2v) is 3.33. The third-order valence-electron chi connectivity index (χ3n) is 1.25. The van der Waals surface area contributed by atoms with Crippen molar-refractivity contribution in [3.63, 3.8) is 0 Å². The smallest absolute Gasteiger partial charge is 0.335 e. The zero-order valence-electron chi connectivity index (χ0n) is 5.67. The van der Waals surface area contributed by atoms with E-state index in [1.165, 1.54) is 6.07 Å². The van der Waals surface area contributed by atoms with Crippen molar-refractivity contribution in [3.05, 3.63) is 27.2 Å². The lowest BCUT2D eigenvalue weighted by Crippen LogP contribution is -2.03. The predicted octanol–water partition coefficient (Wildman–Crippen LogP) is 1.87. The molecule has 5 heteroatoms. The Kier molecular flexibility index (Phi) is 2.59. The molecule has 1 aromatic rings. The number of carboxylic acid groups (broad SMARTS) is 1. The Morgan fingerprint density at radius 2 is 2.17 bits per heavy atom. The number of aromatic carboxylic acids is 1. The largest absolute Gasteiger partial charge is 0.872 e. The Bertz CT molecular complexity index is 338. The van der Waals surface area contributed by atoms with Crippen LogP contribution in [0.5, 0.6) is 5.75 Å². The second-order valence-electron chi connectivity index (χ2n) is 2.07. The van der Waals surface area contributed by atoms with Gasteiger partial charge in [0, 0.05) is 4.47 Å². The molecule has 0 aliphatic heterocycles. The summed E-state index contributed by atoms with van der Waals surface area (Å²) in [7, 11) is 0. The van der Waals surface area contributed by atoms with E-state index in [2.05, 4.69) is 15.9 Å². The lowest BCUT2D eigenvalue weighted by molar-refractivity contribution is -0.268. The third-order valence-corrected chi connectivity index (χ3v) is 2.45. The Hall–Kier alpha value is -0.740. The molecule has 0 bridgehead atoms. The first-order chi connectivity index (χ1) is 5.52. The summed E-state index contributed by atoms with van der Waals surface area (Å²) in [6, 6.07) is 2.25. The van der Waals surface area contributed by atoms with Crippen LogP contribution in [-0.4, -0.2) is 11.1 Å². The highest BCUT2D eigenvalue weighted by Crippen LogP contribution is 2.28. The van der Waals surface area contributed by atoms with E-state index < -0.39 is 11.7 Å². The van der Waals surface area contributed by atoms with Gasteiger partial charge < -0.3 is 10.2 Å². The minimum absolute atomic E-state index is 0.213. The Labute approximate surface area is 81.7 Å². The van der Waals surface area contributed by atoms with Crippen LogP contribution >= 0.6 is 27.5 Å². The maximum Gasteiger partial charge on any atom is 0.335 e. The molecule has 12 heavy (non-hydrogen) atoms. The molecule has 0 aromatic heterocycles. The van der Waals surface area contributed by atoms with Gasteiger partial charge in [-0.25, -0.2) is 4.79 Å². The molecule has 0 atom stereocenters. The van der Waals surface area contributed by atoms with E-state index in [0.717, 1.165) is 6.07 Å². The van der Waals surface area contributed by atoms with Crippen molar-refractivity contribution in [2.75, 3.05) is 0 Å². The molecule has 64 valence electrons. The van der Waals surface area contributed by atoms with Crippen LogP contribution in [0, 0.1) is 0 Å². The number of carboxylic acids is 1. The highest BCUT2D eigenvalue weighted by molar-refractivity contribution is 9.10. The summed E-state index contributed by atoms with van der Waals surface area (Å²) in [4.78, 5) is 10.4. The molecule has 0 aliphatic rings. The van der Waals surface area contributed by atoms with Crippen LogP contribution in [0.15, 0.2) is 16.6 Å². The van der Waals surface area contributed by atoms with Gasteiger partial charge >= 0.3 is 5.97 Å². The second kappa shape index (κ2) is 3.33. The highest BCUT2D eigenvalue weighted by atomic mass is 79.9. The molecule has 0 aliphatic carbocycles. The average molecular weight is 250 g/mol. The van der Waals surface area contributed by atoms with Crippen molar-refractivity contribution in [1.82, 2.24) is 0 Å². The van der Waals surface area contributed by atoms with Crippen molar-refractivity contribution < 1.29 is 15.0 Å². The summed E-state index contributed by atoms with van der Waals surface area (Å²) in [5.41, 5.74) is -0.286. The number of benzene rings is 1. The summed E-state index contributed by atoms with van der Waals surface area (Å²) < 4.78 is 0.404. The van der Waals surface area contributed by atoms with E-state index in [9.17, 15) is 9.90 Å². The van der Waals surface area contributed by atoms with E-state index in [1.807, 2.05) is 0 Å². The van der Waals surface area contributed by atoms with Crippen LogP contribution in [0.1, 0.15) is 10.4 Å². The zero-order valence-corrected chi connectivity index (χ0v) is 8.02. The van der Waals surface area contributed by atoms with Gasteiger partial charge in [-0.05, 0) is 28.1 Å². The molecule has 1 N–H and O–H groups in total. The van der Waals surface area contributed by atoms with Crippen molar-refractivity contribution >= 4 is 33.5 Å². The summed E-state index contributed by atoms with van der Waals surface area (Å²) in [6.07, 6.45) is 0. The van der Waals surface area contributed by atoms with E-state index in [4.69, 9.17) is 16.7 Å². The molecule has 0 heterocycles. The molecular weight excluding hydrogens is 247 g/mol. The SMILES string of the molecule is O=C(O)c1cc(Br)c(Cl)cc1[O-]. The van der Waals surface area contributed by atoms with Gasteiger partial charge in [-0.1, -0.05) is 17.4 Å². The zero-order chi connectivity index (χ0) is 9.30. The van der Waals surface area contributed by atoms with Crippen molar-refractivity contribution in [1.29, 1.82) is 0 Å². The van der Waals surface area contributed by atoms with Crippen molar-refractivity contribution in [3.8, 4) is 5.75 Å². The average Bonchev–Trinajstić information content (AvgIpc) is 1.96. The molecule has 1 rings (SSSR count). The molecule has 0 unspecified atom stereocenters. The molecule has 0 saturated carbocycles. The van der Waals surface area contributed by atoms with E-state index in [1.54, 1.807) is 0 Å². The van der Waals surface area contributed by atoms with E-state index in [-0.39, 0.29) is 10.6 Å². The summed E-state index contributed by atoms with van der Waals surface area (Å²) in [5, 5.41) is 19.7. The molecule has 0 amide bonds. The standard InChI is InChI=1S/C7H4BrClO3/c8-4-1-3(7(11)12)6(10)2-5(4)9/h1-2,10H,(H,11,12)/p-1. The third kappa shape index (κ3) is 1.70. The van der Waals surface area contributed by atoms with Crippen molar-refractivity contribution in [2.45, 2.75) is 0 Å². The van der Waals surface area contributed by atoms with Crippen LogP contribution in [0.4, 0.5) is 0 Å². The molecule has 0 fully saturated rings. The lowest BCUT2D eigenvalue weighted by Gasteiger charge is -2.10. The van der Waals surface area contributed by atoms with Gasteiger partial charge in [-0.15, -0.1) is 0 Å². The number of rotatable bonds is 1. The van der Waals surface area contributed by atoms with Gasteiger partial charge in [0.05, 0.1) is 10.6 Å². The first-order valence-electron chi connectivity index (χ1n) is 2.91. The molecule has 0 saturated heterocycles. The van der Waals surface area contributed by atoms with Gasteiger partial charge in [-0.3, -0.25) is 0 Å². The normalized spacial score (nSPS) is 9.83. The summed E-state index contributed by atoms with van der Waals surface area (Å²) in [6.45, 7) is 0. The monoisotopic (exact) mass is 249 g/mol. The van der Waals surface area contributed by atoms with Crippen LogP contribution in [0.2, 0.25) is 5.02 Å². The topological polar surface area (TPSA) is 60.4 Å². The minimum Gasteiger partial charge on any atom is -0.872 e. The van der Waals surface area contributed by atoms with E-state index >= 15 is 0 Å². The Morgan fingerprint density at radius 3 is 2.67 bits per heavy atom. The maximum absolute atomic E-state index is 10.9. The summed E-state index contributed by atoms with van der Waals surface area (Å²) in [5.74, 6) is -1.84. The van der Waals surface area contributed by atoms with Crippen LogP contribution in [-0.2, 0) is 0 Å². The maximum atomic E-state index is 10.9. The molecule has 0 spiro atoms. The first kappa shape index (κ1) is 9.35. The summed E-state index contributed by atoms with van der Waals surface area (Å²) >= 11 is 8.57. The molecule has 1 aromatic carbocycles. The molecule has 3 nitrogen and oxygen atoms in total. The Balaban J connectivity index is 3.33. The predicted molar refractivity (Wildman–Crippen MR) is 45.6 cm³/mol. The fourth-order valence-corrected chi connectivity index (χ4v) is 1.19. The van der Waals surface area contributed by atoms with Crippen LogP contribution in [0.3, 0.4) is 0 Å². The van der Waals surface area contributed by atoms with Gasteiger partial charge in [0.2, 0.25) is 0 Å². The number of carbonyl (C=O) groups is 1. The quantitative estimate of drug-likeness (QED) is 0.828. The van der Waals surface area contributed by atoms with Gasteiger partial charge in [0.15, 0.2) is 0 Å². The van der Waals surface area contributed by atoms with Crippen LogP contribution < -0.4 is 5.11 Å². The van der Waals surface area contributed by atoms with Crippen LogP contribution in [0.25, 0.3) is 0 Å². The Morgan fingerprint density at radius 1 is 1.58 bits per heavy atom. The number of hydrogen-bond acceptors (Lipinski definition) is 2. The molecular formula is C7H3BrClO3-. The fourth-order valence-electron chi connectivity index (χ4n) is 0.696. The van der Waals surface area contributed by atoms with E-state index in [0.29, 0.717) is 4.47 Å². The van der Waals surface area contributed by atoms with Gasteiger partial charge in [0.25, 0.3) is 0 Å². The van der Waals surface area contributed by atoms with Gasteiger partial charge in [-0.2, -0.15) is 0 Å². The van der Waals surface area contributed by atoms with Crippen molar-refractivity contribution in [2.24, 2.45) is 0 Å².